The number of methoxy groups -OCH3 is 1. The third-order valence-electron chi connectivity index (χ3n) is 5.40. The van der Waals surface area contributed by atoms with E-state index in [0.717, 1.165) is 25.7 Å². The summed E-state index contributed by atoms with van der Waals surface area (Å²) in [4.78, 5) is 25.1. The Labute approximate surface area is 137 Å². The van der Waals surface area contributed by atoms with E-state index in [4.69, 9.17) is 9.47 Å². The maximum atomic E-state index is 12.8. The molecule has 124 valence electrons. The number of ether oxygens (including phenoxy) is 2. The van der Waals surface area contributed by atoms with E-state index < -0.39 is 5.41 Å². The van der Waals surface area contributed by atoms with Crippen LogP contribution in [-0.4, -0.2) is 32.1 Å². The Bertz CT molecular complexity index is 560. The van der Waals surface area contributed by atoms with Crippen LogP contribution in [-0.2, 0) is 25.5 Å². The van der Waals surface area contributed by atoms with Gasteiger partial charge < -0.3 is 9.47 Å². The molecule has 4 rings (SSSR count). The van der Waals surface area contributed by atoms with E-state index in [0.29, 0.717) is 18.9 Å². The number of hydrogen-bond donors (Lipinski definition) is 0. The highest BCUT2D eigenvalue weighted by Gasteiger charge is 2.63. The topological polar surface area (TPSA) is 52.6 Å². The first kappa shape index (κ1) is 16.2. The fourth-order valence-electron chi connectivity index (χ4n) is 4.20. The van der Waals surface area contributed by atoms with Gasteiger partial charge in [-0.1, -0.05) is 30.3 Å². The van der Waals surface area contributed by atoms with Gasteiger partial charge in [0.1, 0.15) is 12.4 Å². The second-order valence-electron chi connectivity index (χ2n) is 6.79. The minimum absolute atomic E-state index is 0.213. The van der Waals surface area contributed by atoms with E-state index in [9.17, 15) is 9.59 Å². The van der Waals surface area contributed by atoms with E-state index in [2.05, 4.69) is 0 Å². The van der Waals surface area contributed by atoms with E-state index in [1.807, 2.05) is 30.3 Å². The summed E-state index contributed by atoms with van der Waals surface area (Å²) in [6.07, 6.45) is 3.80. The summed E-state index contributed by atoms with van der Waals surface area (Å²) in [6, 6.07) is 10.0. The van der Waals surface area contributed by atoms with Crippen LogP contribution in [0.1, 0.15) is 31.2 Å². The van der Waals surface area contributed by atoms with Gasteiger partial charge >= 0.3 is 5.97 Å². The van der Waals surface area contributed by atoms with Gasteiger partial charge in [0, 0.05) is 18.9 Å². The molecule has 0 aliphatic heterocycles. The van der Waals surface area contributed by atoms with Crippen molar-refractivity contribution in [3.05, 3.63) is 35.9 Å². The molecule has 1 aromatic carbocycles. The summed E-state index contributed by atoms with van der Waals surface area (Å²) < 4.78 is 10.2. The van der Waals surface area contributed by atoms with Crippen LogP contribution in [0.4, 0.5) is 0 Å². The van der Waals surface area contributed by atoms with Crippen molar-refractivity contribution in [2.24, 2.45) is 17.3 Å². The van der Waals surface area contributed by atoms with Crippen LogP contribution in [0.3, 0.4) is 0 Å². The predicted octanol–water partition coefficient (Wildman–Crippen LogP) is 2.79. The average molecular weight is 316 g/mol. The van der Waals surface area contributed by atoms with E-state index in [1.165, 1.54) is 5.56 Å². The summed E-state index contributed by atoms with van der Waals surface area (Å²) in [5.74, 6) is 0.308. The van der Waals surface area contributed by atoms with Crippen molar-refractivity contribution in [1.29, 1.82) is 0 Å². The van der Waals surface area contributed by atoms with Crippen LogP contribution in [0, 0.1) is 17.3 Å². The summed E-state index contributed by atoms with van der Waals surface area (Å²) in [5.41, 5.74) is 0.731. The van der Waals surface area contributed by atoms with Gasteiger partial charge in [-0.3, -0.25) is 9.59 Å². The Morgan fingerprint density at radius 1 is 1.17 bits per heavy atom. The van der Waals surface area contributed by atoms with Crippen molar-refractivity contribution in [3.8, 4) is 0 Å². The lowest BCUT2D eigenvalue weighted by Gasteiger charge is -2.39. The number of ketones is 1. The quantitative estimate of drug-likeness (QED) is 0.547. The van der Waals surface area contributed by atoms with E-state index in [1.54, 1.807) is 7.11 Å². The Morgan fingerprint density at radius 3 is 2.61 bits per heavy atom. The zero-order chi connectivity index (χ0) is 16.3. The molecule has 1 atom stereocenters. The highest BCUT2D eigenvalue weighted by Crippen LogP contribution is 2.63. The van der Waals surface area contributed by atoms with Gasteiger partial charge in [-0.25, -0.2) is 0 Å². The molecule has 0 aromatic heterocycles. The molecule has 3 aliphatic carbocycles. The van der Waals surface area contributed by atoms with E-state index in [-0.39, 0.29) is 24.3 Å². The largest absolute Gasteiger partial charge is 0.463 e. The number of Topliss-reactive ketones (excluding diaryl/α,β-unsaturated/α-hetero) is 1. The van der Waals surface area contributed by atoms with Crippen molar-refractivity contribution in [3.63, 3.8) is 0 Å². The number of benzene rings is 1. The SMILES string of the molecule is COCCOC(=O)C1CC2CC1(C(=O)CCc1ccccc1)C2. The minimum atomic E-state index is -0.441. The lowest BCUT2D eigenvalue weighted by atomic mass is 9.63. The Balaban J connectivity index is 1.59. The number of rotatable bonds is 8. The number of carbonyl (C=O) groups excluding carboxylic acids is 2. The van der Waals surface area contributed by atoms with Crippen molar-refractivity contribution in [1.82, 2.24) is 0 Å². The fraction of sp³-hybridized carbons (Fsp3) is 0.579. The van der Waals surface area contributed by atoms with Crippen LogP contribution in [0.25, 0.3) is 0 Å². The zero-order valence-electron chi connectivity index (χ0n) is 13.6. The van der Waals surface area contributed by atoms with Crippen molar-refractivity contribution in [2.75, 3.05) is 20.3 Å². The third kappa shape index (κ3) is 3.18. The second kappa shape index (κ2) is 6.83. The molecule has 1 aromatic rings. The van der Waals surface area contributed by atoms with Crippen LogP contribution >= 0.6 is 0 Å². The lowest BCUT2D eigenvalue weighted by Crippen LogP contribution is -2.43. The van der Waals surface area contributed by atoms with Gasteiger partial charge in [0.2, 0.25) is 0 Å². The van der Waals surface area contributed by atoms with Gasteiger partial charge in [-0.15, -0.1) is 0 Å². The van der Waals surface area contributed by atoms with Crippen LogP contribution in [0.2, 0.25) is 0 Å². The fourth-order valence-corrected chi connectivity index (χ4v) is 4.20. The van der Waals surface area contributed by atoms with Crippen molar-refractivity contribution < 1.29 is 19.1 Å². The molecule has 0 amide bonds. The smallest absolute Gasteiger partial charge is 0.310 e. The number of hydrogen-bond acceptors (Lipinski definition) is 4. The summed E-state index contributed by atoms with van der Waals surface area (Å²) in [7, 11) is 1.58. The van der Waals surface area contributed by atoms with Gasteiger partial charge in [0.15, 0.2) is 0 Å². The Kier molecular flexibility index (Phi) is 4.81. The van der Waals surface area contributed by atoms with Gasteiger partial charge in [-0.05, 0) is 37.2 Å². The Morgan fingerprint density at radius 2 is 1.91 bits per heavy atom. The molecule has 0 N–H and O–H groups in total. The first-order chi connectivity index (χ1) is 11.2. The minimum Gasteiger partial charge on any atom is -0.463 e. The predicted molar refractivity (Wildman–Crippen MR) is 85.9 cm³/mol. The van der Waals surface area contributed by atoms with Gasteiger partial charge in [-0.2, -0.15) is 0 Å². The maximum Gasteiger partial charge on any atom is 0.310 e. The highest BCUT2D eigenvalue weighted by molar-refractivity contribution is 5.92. The standard InChI is InChI=1S/C19H24O4/c1-22-9-10-23-18(21)16-11-15-12-19(16,13-15)17(20)8-7-14-5-3-2-4-6-14/h2-6,15-16H,7-13H2,1H3. The van der Waals surface area contributed by atoms with E-state index >= 15 is 0 Å². The Hall–Kier alpha value is -1.68. The summed E-state index contributed by atoms with van der Waals surface area (Å²) >= 11 is 0. The van der Waals surface area contributed by atoms with Gasteiger partial charge in [0.05, 0.1) is 12.5 Å². The number of aryl methyl sites for hydroxylation is 1. The molecule has 3 saturated carbocycles. The molecular formula is C19H24O4. The highest BCUT2D eigenvalue weighted by atomic mass is 16.6. The van der Waals surface area contributed by atoms with Crippen LogP contribution in [0.5, 0.6) is 0 Å². The number of carbonyl (C=O) groups is 2. The zero-order valence-corrected chi connectivity index (χ0v) is 13.6. The molecule has 4 heteroatoms. The summed E-state index contributed by atoms with van der Waals surface area (Å²) in [6.45, 7) is 0.668. The van der Waals surface area contributed by atoms with Crippen molar-refractivity contribution >= 4 is 11.8 Å². The van der Waals surface area contributed by atoms with Crippen molar-refractivity contribution in [2.45, 2.75) is 32.1 Å². The number of fused-ring (bicyclic) bond motifs is 1. The number of esters is 1. The molecule has 0 spiro atoms. The third-order valence-corrected chi connectivity index (χ3v) is 5.40. The molecule has 2 bridgehead atoms. The average Bonchev–Trinajstić information content (AvgIpc) is 3.10. The molecule has 4 nitrogen and oxygen atoms in total. The second-order valence-corrected chi connectivity index (χ2v) is 6.79. The van der Waals surface area contributed by atoms with Crippen LogP contribution < -0.4 is 0 Å². The van der Waals surface area contributed by atoms with Crippen LogP contribution in [0.15, 0.2) is 30.3 Å². The monoisotopic (exact) mass is 316 g/mol. The lowest BCUT2D eigenvalue weighted by molar-refractivity contribution is -0.157. The first-order valence-corrected chi connectivity index (χ1v) is 8.38. The molecule has 0 heterocycles. The molecule has 3 aliphatic rings. The summed E-state index contributed by atoms with van der Waals surface area (Å²) in [5, 5.41) is 0. The first-order valence-electron chi connectivity index (χ1n) is 8.38. The molecule has 1 unspecified atom stereocenters. The molecule has 3 fully saturated rings. The van der Waals surface area contributed by atoms with Gasteiger partial charge in [0.25, 0.3) is 0 Å². The molecule has 0 saturated heterocycles. The molecular weight excluding hydrogens is 292 g/mol. The maximum absolute atomic E-state index is 12.8. The molecule has 0 radical (unpaired) electrons. The normalized spacial score (nSPS) is 28.2. The molecule has 23 heavy (non-hydrogen) atoms.